The van der Waals surface area contributed by atoms with Crippen molar-refractivity contribution in [3.63, 3.8) is 0 Å². The maximum atomic E-state index is 6.14. The van der Waals surface area contributed by atoms with E-state index in [9.17, 15) is 0 Å². The highest BCUT2D eigenvalue weighted by Crippen LogP contribution is 2.28. The standard InChI is InChI=1S/C14H15BrClN3S/c15-10-11-1-2-12(16)9-13(11)18-4-6-19(7-5-18)14-17-3-8-20-14/h1-3,8-9H,4-7,10H2. The van der Waals surface area contributed by atoms with Crippen LogP contribution >= 0.6 is 38.9 Å². The van der Waals surface area contributed by atoms with Gasteiger partial charge in [-0.25, -0.2) is 4.98 Å². The molecule has 1 fully saturated rings. The molecule has 6 heteroatoms. The molecule has 0 N–H and O–H groups in total. The van der Waals surface area contributed by atoms with Gasteiger partial charge >= 0.3 is 0 Å². The van der Waals surface area contributed by atoms with E-state index in [1.165, 1.54) is 11.3 Å². The Morgan fingerprint density at radius 1 is 1.20 bits per heavy atom. The first kappa shape index (κ1) is 14.2. The Labute approximate surface area is 136 Å². The van der Waals surface area contributed by atoms with Crippen LogP contribution in [0.25, 0.3) is 0 Å². The number of thiazole rings is 1. The summed E-state index contributed by atoms with van der Waals surface area (Å²) < 4.78 is 0. The largest absolute Gasteiger partial charge is 0.368 e. The predicted octanol–water partition coefficient (Wildman–Crippen LogP) is 4.02. The molecule has 1 aliphatic rings. The van der Waals surface area contributed by atoms with Crippen LogP contribution in [-0.2, 0) is 5.33 Å². The third-order valence-electron chi connectivity index (χ3n) is 3.50. The van der Waals surface area contributed by atoms with Gasteiger partial charge in [0.2, 0.25) is 0 Å². The normalized spacial score (nSPS) is 15.7. The van der Waals surface area contributed by atoms with E-state index in [1.807, 2.05) is 17.6 Å². The monoisotopic (exact) mass is 371 g/mol. The predicted molar refractivity (Wildman–Crippen MR) is 90.6 cm³/mol. The molecule has 1 aromatic carbocycles. The van der Waals surface area contributed by atoms with Gasteiger partial charge in [-0.3, -0.25) is 0 Å². The minimum Gasteiger partial charge on any atom is -0.368 e. The smallest absolute Gasteiger partial charge is 0.185 e. The molecule has 0 atom stereocenters. The molecule has 3 nitrogen and oxygen atoms in total. The van der Waals surface area contributed by atoms with Gasteiger partial charge in [0.25, 0.3) is 0 Å². The van der Waals surface area contributed by atoms with E-state index in [2.05, 4.69) is 42.8 Å². The zero-order valence-electron chi connectivity index (χ0n) is 10.9. The second kappa shape index (κ2) is 6.33. The highest BCUT2D eigenvalue weighted by molar-refractivity contribution is 9.08. The molecule has 0 aliphatic carbocycles. The van der Waals surface area contributed by atoms with Gasteiger partial charge in [0, 0.05) is 53.8 Å². The average Bonchev–Trinajstić information content (AvgIpc) is 3.02. The van der Waals surface area contributed by atoms with E-state index in [0.29, 0.717) is 0 Å². The molecule has 2 heterocycles. The molecule has 2 aromatic rings. The van der Waals surface area contributed by atoms with Gasteiger partial charge in [-0.1, -0.05) is 33.6 Å². The maximum Gasteiger partial charge on any atom is 0.185 e. The Hall–Kier alpha value is -0.780. The molecular weight excluding hydrogens is 358 g/mol. The summed E-state index contributed by atoms with van der Waals surface area (Å²) in [5.74, 6) is 0. The minimum absolute atomic E-state index is 0.798. The minimum atomic E-state index is 0.798. The first-order valence-corrected chi connectivity index (χ1v) is 8.89. The van der Waals surface area contributed by atoms with Crippen molar-refractivity contribution in [3.8, 4) is 0 Å². The summed E-state index contributed by atoms with van der Waals surface area (Å²) in [4.78, 5) is 9.14. The molecule has 1 saturated heterocycles. The van der Waals surface area contributed by atoms with E-state index in [1.54, 1.807) is 11.3 Å². The number of halogens is 2. The zero-order valence-corrected chi connectivity index (χ0v) is 14.1. The van der Waals surface area contributed by atoms with Crippen LogP contribution in [0.4, 0.5) is 10.8 Å². The Morgan fingerprint density at radius 2 is 1.95 bits per heavy atom. The van der Waals surface area contributed by atoms with Crippen molar-refractivity contribution in [2.45, 2.75) is 5.33 Å². The molecule has 0 unspecified atom stereocenters. The van der Waals surface area contributed by atoms with Crippen LogP contribution in [0.5, 0.6) is 0 Å². The molecule has 0 spiro atoms. The van der Waals surface area contributed by atoms with Gasteiger partial charge in [-0.05, 0) is 17.7 Å². The van der Waals surface area contributed by atoms with Crippen LogP contribution < -0.4 is 9.80 Å². The van der Waals surface area contributed by atoms with E-state index in [4.69, 9.17) is 11.6 Å². The number of aromatic nitrogens is 1. The summed E-state index contributed by atoms with van der Waals surface area (Å²) >= 11 is 11.4. The average molecular weight is 373 g/mol. The first-order chi connectivity index (χ1) is 9.78. The molecule has 0 bridgehead atoms. The van der Waals surface area contributed by atoms with Crippen LogP contribution in [0.15, 0.2) is 29.8 Å². The van der Waals surface area contributed by atoms with E-state index < -0.39 is 0 Å². The van der Waals surface area contributed by atoms with Crippen LogP contribution in [0.2, 0.25) is 5.02 Å². The number of hydrogen-bond acceptors (Lipinski definition) is 4. The third kappa shape index (κ3) is 2.95. The third-order valence-corrected chi connectivity index (χ3v) is 5.17. The molecule has 20 heavy (non-hydrogen) atoms. The number of anilines is 2. The highest BCUT2D eigenvalue weighted by Gasteiger charge is 2.20. The van der Waals surface area contributed by atoms with E-state index >= 15 is 0 Å². The topological polar surface area (TPSA) is 19.4 Å². The molecule has 106 valence electrons. The fourth-order valence-electron chi connectivity index (χ4n) is 2.46. The summed E-state index contributed by atoms with van der Waals surface area (Å²) in [6, 6.07) is 6.12. The Balaban J connectivity index is 1.73. The highest BCUT2D eigenvalue weighted by atomic mass is 79.9. The maximum absolute atomic E-state index is 6.14. The molecule has 1 aliphatic heterocycles. The van der Waals surface area contributed by atoms with Gasteiger partial charge in [-0.15, -0.1) is 11.3 Å². The molecule has 3 rings (SSSR count). The number of benzene rings is 1. The van der Waals surface area contributed by atoms with Crippen molar-refractivity contribution >= 4 is 49.7 Å². The van der Waals surface area contributed by atoms with Crippen molar-refractivity contribution in [1.29, 1.82) is 0 Å². The lowest BCUT2D eigenvalue weighted by atomic mass is 10.1. The lowest BCUT2D eigenvalue weighted by Gasteiger charge is -2.36. The Bertz CT molecular complexity index is 568. The number of nitrogens with zero attached hydrogens (tertiary/aromatic N) is 3. The molecule has 0 saturated carbocycles. The van der Waals surface area contributed by atoms with E-state index in [0.717, 1.165) is 41.7 Å². The van der Waals surface area contributed by atoms with Crippen molar-refractivity contribution in [2.75, 3.05) is 36.0 Å². The zero-order chi connectivity index (χ0) is 13.9. The summed E-state index contributed by atoms with van der Waals surface area (Å²) in [6.07, 6.45) is 1.87. The first-order valence-electron chi connectivity index (χ1n) is 6.51. The quantitative estimate of drug-likeness (QED) is 0.759. The van der Waals surface area contributed by atoms with Crippen LogP contribution in [0.3, 0.4) is 0 Å². The van der Waals surface area contributed by atoms with Gasteiger partial charge in [0.05, 0.1) is 0 Å². The SMILES string of the molecule is Clc1ccc(CBr)c(N2CCN(c3nccs3)CC2)c1. The number of alkyl halides is 1. The summed E-state index contributed by atoms with van der Waals surface area (Å²) in [5, 5.41) is 4.80. The van der Waals surface area contributed by atoms with Crippen LogP contribution in [0, 0.1) is 0 Å². The summed E-state index contributed by atoms with van der Waals surface area (Å²) in [5.41, 5.74) is 2.53. The molecule has 1 aromatic heterocycles. The number of hydrogen-bond donors (Lipinski definition) is 0. The van der Waals surface area contributed by atoms with Gasteiger partial charge in [-0.2, -0.15) is 0 Å². The lowest BCUT2D eigenvalue weighted by Crippen LogP contribution is -2.46. The lowest BCUT2D eigenvalue weighted by molar-refractivity contribution is 0.651. The summed E-state index contributed by atoms with van der Waals surface area (Å²) in [6.45, 7) is 4.00. The molecule has 0 radical (unpaired) electrons. The van der Waals surface area contributed by atoms with Gasteiger partial charge < -0.3 is 9.80 Å². The van der Waals surface area contributed by atoms with Crippen LogP contribution in [-0.4, -0.2) is 31.2 Å². The van der Waals surface area contributed by atoms with Crippen molar-refractivity contribution < 1.29 is 0 Å². The second-order valence-corrected chi connectivity index (χ2v) is 6.57. The van der Waals surface area contributed by atoms with Crippen molar-refractivity contribution in [3.05, 3.63) is 40.4 Å². The Kier molecular flexibility index (Phi) is 4.48. The number of piperazine rings is 1. The molecular formula is C14H15BrClN3S. The van der Waals surface area contributed by atoms with Gasteiger partial charge in [0.15, 0.2) is 5.13 Å². The fourth-order valence-corrected chi connectivity index (χ4v) is 3.79. The van der Waals surface area contributed by atoms with E-state index in [-0.39, 0.29) is 0 Å². The second-order valence-electron chi connectivity index (χ2n) is 4.70. The van der Waals surface area contributed by atoms with Gasteiger partial charge in [0.1, 0.15) is 0 Å². The van der Waals surface area contributed by atoms with Crippen molar-refractivity contribution in [1.82, 2.24) is 4.98 Å². The van der Waals surface area contributed by atoms with Crippen LogP contribution in [0.1, 0.15) is 5.56 Å². The molecule has 0 amide bonds. The van der Waals surface area contributed by atoms with Crippen molar-refractivity contribution in [2.24, 2.45) is 0 Å². The summed E-state index contributed by atoms with van der Waals surface area (Å²) in [7, 11) is 0. The fraction of sp³-hybridized carbons (Fsp3) is 0.357. The number of rotatable bonds is 3. The Morgan fingerprint density at radius 3 is 2.60 bits per heavy atom.